The van der Waals surface area contributed by atoms with E-state index in [0.29, 0.717) is 13.1 Å². The number of benzene rings is 1. The van der Waals surface area contributed by atoms with Crippen molar-refractivity contribution in [3.63, 3.8) is 0 Å². The molecule has 0 aliphatic heterocycles. The molecule has 8 heteroatoms. The van der Waals surface area contributed by atoms with Crippen molar-refractivity contribution >= 4 is 27.1 Å². The standard InChI is InChI=1S/C18H19N3O3S2/c22-18(8-13-26(23,24)16-4-2-1-3-5-16)19-9-11-21-10-6-17(20-21)15-7-12-25-14-15/h1-7,10,12,14H,8-9,11,13H2,(H,19,22). The molecule has 1 N–H and O–H groups in total. The number of amides is 1. The third-order valence-corrected chi connectivity index (χ3v) is 6.24. The van der Waals surface area contributed by atoms with Gasteiger partial charge in [0, 0.05) is 30.1 Å². The van der Waals surface area contributed by atoms with Gasteiger partial charge in [-0.05, 0) is 29.6 Å². The summed E-state index contributed by atoms with van der Waals surface area (Å²) < 4.78 is 26.1. The van der Waals surface area contributed by atoms with E-state index in [9.17, 15) is 13.2 Å². The van der Waals surface area contributed by atoms with E-state index in [0.717, 1.165) is 11.3 Å². The minimum absolute atomic E-state index is 0.0590. The summed E-state index contributed by atoms with van der Waals surface area (Å²) in [7, 11) is -3.43. The molecule has 26 heavy (non-hydrogen) atoms. The van der Waals surface area contributed by atoms with E-state index in [1.807, 2.05) is 29.1 Å². The number of thiophene rings is 1. The second-order valence-corrected chi connectivity index (χ2v) is 8.60. The van der Waals surface area contributed by atoms with Gasteiger partial charge in [0.05, 0.1) is 22.9 Å². The molecule has 1 amide bonds. The van der Waals surface area contributed by atoms with Crippen LogP contribution in [0.1, 0.15) is 6.42 Å². The average molecular weight is 390 g/mol. The highest BCUT2D eigenvalue weighted by Gasteiger charge is 2.15. The molecule has 0 atom stereocenters. The lowest BCUT2D eigenvalue weighted by molar-refractivity contribution is -0.120. The summed E-state index contributed by atoms with van der Waals surface area (Å²) in [4.78, 5) is 12.1. The molecule has 0 spiro atoms. The van der Waals surface area contributed by atoms with Gasteiger partial charge in [0.15, 0.2) is 9.84 Å². The molecule has 136 valence electrons. The third kappa shape index (κ3) is 4.80. The number of carbonyl (C=O) groups excluding carboxylic acids is 1. The summed E-state index contributed by atoms with van der Waals surface area (Å²) in [5, 5.41) is 11.2. The number of nitrogens with one attached hydrogen (secondary N) is 1. The number of aromatic nitrogens is 2. The monoisotopic (exact) mass is 389 g/mol. The van der Waals surface area contributed by atoms with E-state index in [1.165, 1.54) is 12.1 Å². The van der Waals surface area contributed by atoms with E-state index in [4.69, 9.17) is 0 Å². The topological polar surface area (TPSA) is 81.1 Å². The second kappa shape index (κ2) is 8.29. The molecular weight excluding hydrogens is 370 g/mol. The van der Waals surface area contributed by atoms with Crippen molar-refractivity contribution in [2.45, 2.75) is 17.9 Å². The Kier molecular flexibility index (Phi) is 5.85. The molecule has 3 rings (SSSR count). The Morgan fingerprint density at radius 3 is 2.69 bits per heavy atom. The first-order valence-electron chi connectivity index (χ1n) is 8.15. The van der Waals surface area contributed by atoms with Gasteiger partial charge in [0.1, 0.15) is 0 Å². The van der Waals surface area contributed by atoms with Crippen LogP contribution < -0.4 is 5.32 Å². The zero-order valence-electron chi connectivity index (χ0n) is 14.0. The molecule has 0 unspecified atom stereocenters. The maximum absolute atomic E-state index is 12.2. The lowest BCUT2D eigenvalue weighted by Gasteiger charge is -2.06. The molecule has 0 saturated carbocycles. The van der Waals surface area contributed by atoms with E-state index in [1.54, 1.807) is 34.2 Å². The van der Waals surface area contributed by atoms with Crippen LogP contribution in [-0.4, -0.2) is 36.4 Å². The van der Waals surface area contributed by atoms with Gasteiger partial charge < -0.3 is 5.32 Å². The molecular formula is C18H19N3O3S2. The van der Waals surface area contributed by atoms with Crippen LogP contribution in [-0.2, 0) is 21.2 Å². The van der Waals surface area contributed by atoms with E-state index >= 15 is 0 Å². The number of hydrogen-bond acceptors (Lipinski definition) is 5. The fraction of sp³-hybridized carbons (Fsp3) is 0.222. The zero-order chi connectivity index (χ0) is 18.4. The predicted molar refractivity (Wildman–Crippen MR) is 102 cm³/mol. The summed E-state index contributed by atoms with van der Waals surface area (Å²) in [6.45, 7) is 0.927. The Morgan fingerprint density at radius 2 is 1.96 bits per heavy atom. The van der Waals surface area contributed by atoms with Crippen molar-refractivity contribution in [1.82, 2.24) is 15.1 Å². The van der Waals surface area contributed by atoms with Gasteiger partial charge in [-0.25, -0.2) is 8.42 Å². The van der Waals surface area contributed by atoms with Gasteiger partial charge in [-0.2, -0.15) is 16.4 Å². The maximum Gasteiger partial charge on any atom is 0.221 e. The van der Waals surface area contributed by atoms with Crippen LogP contribution in [0, 0.1) is 0 Å². The van der Waals surface area contributed by atoms with Crippen LogP contribution in [0.15, 0.2) is 64.3 Å². The molecule has 2 heterocycles. The summed E-state index contributed by atoms with van der Waals surface area (Å²) in [5.41, 5.74) is 1.97. The lowest BCUT2D eigenvalue weighted by atomic mass is 10.2. The SMILES string of the molecule is O=C(CCS(=O)(=O)c1ccccc1)NCCn1ccc(-c2ccsc2)n1. The summed E-state index contributed by atoms with van der Waals surface area (Å²) in [6, 6.07) is 12.1. The third-order valence-electron chi connectivity index (χ3n) is 3.82. The Morgan fingerprint density at radius 1 is 1.15 bits per heavy atom. The quantitative estimate of drug-likeness (QED) is 0.642. The normalized spacial score (nSPS) is 11.4. The highest BCUT2D eigenvalue weighted by Crippen LogP contribution is 2.19. The van der Waals surface area contributed by atoms with Crippen LogP contribution in [0.2, 0.25) is 0 Å². The fourth-order valence-electron chi connectivity index (χ4n) is 2.42. The molecule has 3 aromatic rings. The van der Waals surface area contributed by atoms with Crippen molar-refractivity contribution < 1.29 is 13.2 Å². The second-order valence-electron chi connectivity index (χ2n) is 5.71. The minimum atomic E-state index is -3.43. The van der Waals surface area contributed by atoms with Gasteiger partial charge in [-0.3, -0.25) is 9.48 Å². The molecule has 0 aliphatic rings. The number of carbonyl (C=O) groups is 1. The van der Waals surface area contributed by atoms with Gasteiger partial charge in [-0.15, -0.1) is 0 Å². The molecule has 1 aromatic carbocycles. The van der Waals surface area contributed by atoms with Crippen molar-refractivity contribution in [3.8, 4) is 11.3 Å². The first-order valence-corrected chi connectivity index (χ1v) is 10.7. The summed E-state index contributed by atoms with van der Waals surface area (Å²) >= 11 is 1.62. The zero-order valence-corrected chi connectivity index (χ0v) is 15.7. The predicted octanol–water partition coefficient (Wildman–Crippen LogP) is 2.59. The number of hydrogen-bond donors (Lipinski definition) is 1. The fourth-order valence-corrected chi connectivity index (χ4v) is 4.33. The van der Waals surface area contributed by atoms with Crippen LogP contribution in [0.4, 0.5) is 0 Å². The van der Waals surface area contributed by atoms with Crippen LogP contribution in [0.25, 0.3) is 11.3 Å². The maximum atomic E-state index is 12.2. The average Bonchev–Trinajstić information content (AvgIpc) is 3.32. The Bertz CT molecular complexity index is 949. The van der Waals surface area contributed by atoms with Crippen molar-refractivity contribution in [3.05, 3.63) is 59.4 Å². The van der Waals surface area contributed by atoms with E-state index in [2.05, 4.69) is 10.4 Å². The molecule has 2 aromatic heterocycles. The highest BCUT2D eigenvalue weighted by atomic mass is 32.2. The molecule has 0 saturated heterocycles. The van der Waals surface area contributed by atoms with Crippen molar-refractivity contribution in [2.24, 2.45) is 0 Å². The lowest BCUT2D eigenvalue weighted by Crippen LogP contribution is -2.29. The van der Waals surface area contributed by atoms with Crippen molar-refractivity contribution in [2.75, 3.05) is 12.3 Å². The molecule has 0 fully saturated rings. The molecule has 0 aliphatic carbocycles. The van der Waals surface area contributed by atoms with E-state index < -0.39 is 9.84 Å². The van der Waals surface area contributed by atoms with Crippen LogP contribution >= 0.6 is 11.3 Å². The van der Waals surface area contributed by atoms with Gasteiger partial charge >= 0.3 is 0 Å². The first kappa shape index (κ1) is 18.3. The van der Waals surface area contributed by atoms with Crippen LogP contribution in [0.5, 0.6) is 0 Å². The minimum Gasteiger partial charge on any atom is -0.354 e. The summed E-state index contributed by atoms with van der Waals surface area (Å²) in [6.07, 6.45) is 1.80. The number of nitrogens with zero attached hydrogens (tertiary/aromatic N) is 2. The molecule has 0 radical (unpaired) electrons. The number of sulfone groups is 1. The molecule has 0 bridgehead atoms. The smallest absolute Gasteiger partial charge is 0.221 e. The number of rotatable bonds is 8. The first-order chi connectivity index (χ1) is 12.5. The van der Waals surface area contributed by atoms with Crippen LogP contribution in [0.3, 0.4) is 0 Å². The van der Waals surface area contributed by atoms with E-state index in [-0.39, 0.29) is 23.0 Å². The van der Waals surface area contributed by atoms with Gasteiger partial charge in [0.2, 0.25) is 5.91 Å². The van der Waals surface area contributed by atoms with Gasteiger partial charge in [-0.1, -0.05) is 18.2 Å². The Hall–Kier alpha value is -2.45. The van der Waals surface area contributed by atoms with Gasteiger partial charge in [0.25, 0.3) is 0 Å². The molecule has 6 nitrogen and oxygen atoms in total. The summed E-state index contributed by atoms with van der Waals surface area (Å²) in [5.74, 6) is -0.484. The van der Waals surface area contributed by atoms with Crippen molar-refractivity contribution in [1.29, 1.82) is 0 Å². The highest BCUT2D eigenvalue weighted by molar-refractivity contribution is 7.91. The largest absolute Gasteiger partial charge is 0.354 e. The Labute approximate surface area is 156 Å². The Balaban J connectivity index is 1.43.